The van der Waals surface area contributed by atoms with Crippen molar-refractivity contribution in [3.8, 4) is 0 Å². The Bertz CT molecular complexity index is 422. The molecule has 3 nitrogen and oxygen atoms in total. The van der Waals surface area contributed by atoms with Crippen LogP contribution in [0.4, 0.5) is 5.69 Å². The predicted molar refractivity (Wildman–Crippen MR) is 76.4 cm³/mol. The van der Waals surface area contributed by atoms with Gasteiger partial charge in [-0.3, -0.25) is 0 Å². The second-order valence-corrected chi connectivity index (χ2v) is 5.90. The van der Waals surface area contributed by atoms with Crippen LogP contribution in [0.5, 0.6) is 0 Å². The molecule has 0 amide bonds. The first-order valence-corrected chi connectivity index (χ1v) is 7.28. The Hall–Kier alpha value is -1.06. The first-order valence-electron chi connectivity index (χ1n) is 7.28. The van der Waals surface area contributed by atoms with Crippen molar-refractivity contribution in [3.05, 3.63) is 29.3 Å². The molecule has 104 valence electrons. The summed E-state index contributed by atoms with van der Waals surface area (Å²) in [4.78, 5) is 0. The van der Waals surface area contributed by atoms with Crippen LogP contribution in [0.3, 0.4) is 0 Å². The number of rotatable bonds is 2. The second-order valence-electron chi connectivity index (χ2n) is 5.90. The Morgan fingerprint density at radius 2 is 1.58 bits per heavy atom. The lowest BCUT2D eigenvalue weighted by Crippen LogP contribution is -2.39. The number of aryl methyl sites for hydroxylation is 2. The molecule has 19 heavy (non-hydrogen) atoms. The summed E-state index contributed by atoms with van der Waals surface area (Å²) in [6, 6.07) is 7.20. The summed E-state index contributed by atoms with van der Waals surface area (Å²) in [7, 11) is 0. The third-order valence-corrected chi connectivity index (χ3v) is 4.15. The largest absolute Gasteiger partial charge is 0.382 e. The zero-order chi connectivity index (χ0) is 13.3. The Morgan fingerprint density at radius 1 is 1.00 bits per heavy atom. The van der Waals surface area contributed by atoms with Gasteiger partial charge in [0, 0.05) is 24.6 Å². The summed E-state index contributed by atoms with van der Waals surface area (Å²) in [5.74, 6) is -0.249. The molecular formula is C16H23NO2. The first kappa shape index (κ1) is 12.9. The SMILES string of the molecule is Cc1cc(C)cc(NC2CCC3(CC2)OCCO3)c1. The summed E-state index contributed by atoms with van der Waals surface area (Å²) < 4.78 is 11.5. The topological polar surface area (TPSA) is 30.5 Å². The molecule has 2 aliphatic rings. The van der Waals surface area contributed by atoms with Gasteiger partial charge >= 0.3 is 0 Å². The molecule has 1 aromatic carbocycles. The molecule has 1 aromatic rings. The lowest BCUT2D eigenvalue weighted by Gasteiger charge is -2.36. The van der Waals surface area contributed by atoms with E-state index in [0.717, 1.165) is 38.9 Å². The van der Waals surface area contributed by atoms with Crippen molar-refractivity contribution in [2.75, 3.05) is 18.5 Å². The van der Waals surface area contributed by atoms with Gasteiger partial charge in [0.1, 0.15) is 0 Å². The van der Waals surface area contributed by atoms with E-state index in [0.29, 0.717) is 6.04 Å². The lowest BCUT2D eigenvalue weighted by atomic mass is 9.90. The molecular weight excluding hydrogens is 238 g/mol. The van der Waals surface area contributed by atoms with Crippen molar-refractivity contribution in [3.63, 3.8) is 0 Å². The molecule has 0 bridgehead atoms. The van der Waals surface area contributed by atoms with Crippen molar-refractivity contribution in [1.82, 2.24) is 0 Å². The molecule has 3 heteroatoms. The number of hydrogen-bond acceptors (Lipinski definition) is 3. The van der Waals surface area contributed by atoms with Crippen molar-refractivity contribution in [2.45, 2.75) is 51.4 Å². The molecule has 0 atom stereocenters. The standard InChI is InChI=1S/C16H23NO2/c1-12-9-13(2)11-15(10-12)17-14-3-5-16(6-4-14)18-7-8-19-16/h9-11,14,17H,3-8H2,1-2H3. The molecule has 1 heterocycles. The molecule has 1 saturated carbocycles. The van der Waals surface area contributed by atoms with Crippen LogP contribution < -0.4 is 5.32 Å². The third kappa shape index (κ3) is 2.93. The van der Waals surface area contributed by atoms with Crippen molar-refractivity contribution < 1.29 is 9.47 Å². The fourth-order valence-corrected chi connectivity index (χ4v) is 3.28. The van der Waals surface area contributed by atoms with Gasteiger partial charge in [-0.25, -0.2) is 0 Å². The molecule has 0 aromatic heterocycles. The molecule has 3 rings (SSSR count). The molecule has 0 unspecified atom stereocenters. The Morgan fingerprint density at radius 3 is 2.16 bits per heavy atom. The number of ether oxygens (including phenoxy) is 2. The molecule has 0 radical (unpaired) electrons. The minimum Gasteiger partial charge on any atom is -0.382 e. The van der Waals surface area contributed by atoms with Gasteiger partial charge in [0.2, 0.25) is 0 Å². The maximum Gasteiger partial charge on any atom is 0.168 e. The highest BCUT2D eigenvalue weighted by atomic mass is 16.7. The normalized spacial score (nSPS) is 22.8. The zero-order valence-electron chi connectivity index (χ0n) is 11.9. The van der Waals surface area contributed by atoms with Gasteiger partial charge in [-0.1, -0.05) is 6.07 Å². The van der Waals surface area contributed by atoms with Gasteiger partial charge in [0.15, 0.2) is 5.79 Å². The molecule has 1 N–H and O–H groups in total. The van der Waals surface area contributed by atoms with E-state index in [2.05, 4.69) is 37.4 Å². The molecule has 1 aliphatic carbocycles. The third-order valence-electron chi connectivity index (χ3n) is 4.15. The van der Waals surface area contributed by atoms with Crippen LogP contribution >= 0.6 is 0 Å². The van der Waals surface area contributed by atoms with Crippen LogP contribution in [-0.2, 0) is 9.47 Å². The molecule has 2 fully saturated rings. The maximum absolute atomic E-state index is 5.77. The summed E-state index contributed by atoms with van der Waals surface area (Å²) in [5.41, 5.74) is 3.88. The van der Waals surface area contributed by atoms with Crippen molar-refractivity contribution >= 4 is 5.69 Å². The number of nitrogens with one attached hydrogen (secondary N) is 1. The Kier molecular flexibility index (Phi) is 3.50. The van der Waals surface area contributed by atoms with E-state index in [1.165, 1.54) is 16.8 Å². The van der Waals surface area contributed by atoms with Gasteiger partial charge in [-0.15, -0.1) is 0 Å². The Balaban J connectivity index is 1.59. The predicted octanol–water partition coefficient (Wildman–Crippen LogP) is 3.40. The highest BCUT2D eigenvalue weighted by Gasteiger charge is 2.40. The van der Waals surface area contributed by atoms with Crippen molar-refractivity contribution in [1.29, 1.82) is 0 Å². The molecule has 1 aliphatic heterocycles. The van der Waals surface area contributed by atoms with Crippen LogP contribution in [0.25, 0.3) is 0 Å². The fraction of sp³-hybridized carbons (Fsp3) is 0.625. The van der Waals surface area contributed by atoms with Crippen LogP contribution in [0.15, 0.2) is 18.2 Å². The maximum atomic E-state index is 5.77. The van der Waals surface area contributed by atoms with E-state index in [1.807, 2.05) is 0 Å². The fourth-order valence-electron chi connectivity index (χ4n) is 3.28. The highest BCUT2D eigenvalue weighted by Crippen LogP contribution is 2.36. The number of benzene rings is 1. The monoisotopic (exact) mass is 261 g/mol. The smallest absolute Gasteiger partial charge is 0.168 e. The minimum atomic E-state index is -0.249. The number of hydrogen-bond donors (Lipinski definition) is 1. The quantitative estimate of drug-likeness (QED) is 0.885. The molecule has 1 saturated heterocycles. The number of anilines is 1. The average Bonchev–Trinajstić information content (AvgIpc) is 2.80. The van der Waals surface area contributed by atoms with E-state index >= 15 is 0 Å². The van der Waals surface area contributed by atoms with Gasteiger partial charge in [-0.05, 0) is 49.9 Å². The lowest BCUT2D eigenvalue weighted by molar-refractivity contribution is -0.177. The minimum absolute atomic E-state index is 0.249. The van der Waals surface area contributed by atoms with E-state index < -0.39 is 0 Å². The summed E-state index contributed by atoms with van der Waals surface area (Å²) >= 11 is 0. The second kappa shape index (κ2) is 5.14. The first-order chi connectivity index (χ1) is 9.15. The van der Waals surface area contributed by atoms with Gasteiger partial charge < -0.3 is 14.8 Å². The van der Waals surface area contributed by atoms with Gasteiger partial charge in [-0.2, -0.15) is 0 Å². The van der Waals surface area contributed by atoms with Crippen LogP contribution in [0.2, 0.25) is 0 Å². The molecule has 1 spiro atoms. The summed E-state index contributed by atoms with van der Waals surface area (Å²) in [6.07, 6.45) is 4.25. The van der Waals surface area contributed by atoms with E-state index in [-0.39, 0.29) is 5.79 Å². The van der Waals surface area contributed by atoms with E-state index in [1.54, 1.807) is 0 Å². The van der Waals surface area contributed by atoms with E-state index in [4.69, 9.17) is 9.47 Å². The van der Waals surface area contributed by atoms with Crippen molar-refractivity contribution in [2.24, 2.45) is 0 Å². The van der Waals surface area contributed by atoms with E-state index in [9.17, 15) is 0 Å². The highest BCUT2D eigenvalue weighted by molar-refractivity contribution is 5.49. The zero-order valence-corrected chi connectivity index (χ0v) is 11.9. The Labute approximate surface area is 115 Å². The summed E-state index contributed by atoms with van der Waals surface area (Å²) in [5, 5.41) is 3.66. The van der Waals surface area contributed by atoms with Gasteiger partial charge in [0.25, 0.3) is 0 Å². The van der Waals surface area contributed by atoms with Crippen LogP contribution in [-0.4, -0.2) is 25.0 Å². The van der Waals surface area contributed by atoms with Crippen LogP contribution in [0.1, 0.15) is 36.8 Å². The average molecular weight is 261 g/mol. The van der Waals surface area contributed by atoms with Gasteiger partial charge in [0.05, 0.1) is 13.2 Å². The van der Waals surface area contributed by atoms with Crippen LogP contribution in [0, 0.1) is 13.8 Å². The summed E-state index contributed by atoms with van der Waals surface area (Å²) in [6.45, 7) is 5.81.